The van der Waals surface area contributed by atoms with Crippen LogP contribution in [0.4, 0.5) is 0 Å². The molecule has 2 nitrogen and oxygen atoms in total. The maximum atomic E-state index is 6.09. The molecule has 0 saturated carbocycles. The molecule has 1 atom stereocenters. The second kappa shape index (κ2) is 8.35. The van der Waals surface area contributed by atoms with E-state index in [4.69, 9.17) is 16.3 Å². The monoisotopic (exact) mass is 381 g/mol. The van der Waals surface area contributed by atoms with Gasteiger partial charge in [0.25, 0.3) is 0 Å². The van der Waals surface area contributed by atoms with E-state index in [9.17, 15) is 0 Å². The number of ether oxygens (including phenoxy) is 1. The van der Waals surface area contributed by atoms with Gasteiger partial charge in [-0.25, -0.2) is 0 Å². The normalized spacial score (nSPS) is 13.0. The summed E-state index contributed by atoms with van der Waals surface area (Å²) in [5, 5.41) is 4.30. The summed E-state index contributed by atoms with van der Waals surface area (Å²) >= 11 is 8.43. The Morgan fingerprint density at radius 2 is 2.11 bits per heavy atom. The molecule has 1 aromatic rings. The number of nitrogens with one attached hydrogen (secondary N) is 1. The topological polar surface area (TPSA) is 21.3 Å². The summed E-state index contributed by atoms with van der Waals surface area (Å²) in [6, 6.07) is 6.21. The minimum absolute atomic E-state index is 0.206. The largest absolute Gasteiger partial charge is 0.377 e. The molecule has 1 N–H and O–H groups in total. The van der Waals surface area contributed by atoms with E-state index in [1.165, 1.54) is 9.13 Å². The van der Waals surface area contributed by atoms with Crippen molar-refractivity contribution in [3.05, 3.63) is 32.4 Å². The molecular formula is C14H21ClINO. The molecule has 102 valence electrons. The van der Waals surface area contributed by atoms with Gasteiger partial charge in [0.05, 0.1) is 18.8 Å². The fourth-order valence-corrected chi connectivity index (χ4v) is 2.54. The molecule has 4 heteroatoms. The third-order valence-corrected chi connectivity index (χ3v) is 3.79. The van der Waals surface area contributed by atoms with E-state index in [2.05, 4.69) is 48.7 Å². The molecule has 1 unspecified atom stereocenters. The first-order valence-electron chi connectivity index (χ1n) is 6.34. The number of hydrogen-bond donors (Lipinski definition) is 1. The second-order valence-corrected chi connectivity index (χ2v) is 6.15. The number of halogens is 2. The quantitative estimate of drug-likeness (QED) is 0.706. The Kier molecular flexibility index (Phi) is 7.53. The van der Waals surface area contributed by atoms with Crippen LogP contribution >= 0.6 is 34.2 Å². The highest BCUT2D eigenvalue weighted by molar-refractivity contribution is 14.1. The fraction of sp³-hybridized carbons (Fsp3) is 0.571. The average molecular weight is 382 g/mol. The molecule has 0 aliphatic heterocycles. The van der Waals surface area contributed by atoms with Crippen LogP contribution in [0.25, 0.3) is 0 Å². The van der Waals surface area contributed by atoms with Crippen molar-refractivity contribution in [2.45, 2.75) is 39.3 Å². The van der Waals surface area contributed by atoms with Crippen molar-refractivity contribution in [1.29, 1.82) is 0 Å². The predicted molar refractivity (Wildman–Crippen MR) is 86.3 cm³/mol. The third kappa shape index (κ3) is 5.43. The Morgan fingerprint density at radius 1 is 1.39 bits per heavy atom. The van der Waals surface area contributed by atoms with Gasteiger partial charge in [-0.2, -0.15) is 0 Å². The lowest BCUT2D eigenvalue weighted by atomic mass is 10.1. The molecule has 0 aromatic heterocycles. The Labute approximate surface area is 129 Å². The van der Waals surface area contributed by atoms with Gasteiger partial charge >= 0.3 is 0 Å². The van der Waals surface area contributed by atoms with Gasteiger partial charge in [0.1, 0.15) is 0 Å². The van der Waals surface area contributed by atoms with Crippen LogP contribution in [-0.2, 0) is 4.74 Å². The van der Waals surface area contributed by atoms with Crippen LogP contribution < -0.4 is 5.32 Å². The van der Waals surface area contributed by atoms with E-state index < -0.39 is 0 Å². The van der Waals surface area contributed by atoms with Crippen molar-refractivity contribution < 1.29 is 4.74 Å². The van der Waals surface area contributed by atoms with Crippen LogP contribution in [-0.4, -0.2) is 19.3 Å². The highest BCUT2D eigenvalue weighted by Gasteiger charge is 2.15. The summed E-state index contributed by atoms with van der Waals surface area (Å²) in [5.74, 6) is 0. The zero-order valence-corrected chi connectivity index (χ0v) is 14.1. The zero-order valence-electron chi connectivity index (χ0n) is 11.2. The minimum atomic E-state index is 0.206. The summed E-state index contributed by atoms with van der Waals surface area (Å²) < 4.78 is 6.96. The van der Waals surface area contributed by atoms with Gasteiger partial charge in [-0.15, -0.1) is 0 Å². The first-order valence-corrected chi connectivity index (χ1v) is 7.80. The Morgan fingerprint density at radius 3 is 2.72 bits per heavy atom. The summed E-state index contributed by atoms with van der Waals surface area (Å²) in [4.78, 5) is 0. The standard InChI is InChI=1S/C14H21ClINO/c1-4-7-17-14(9-18-10(2)3)12-8-11(15)5-6-13(12)16/h5-6,8,10,14,17H,4,7,9H2,1-3H3. The molecule has 0 bridgehead atoms. The van der Waals surface area contributed by atoms with Gasteiger partial charge < -0.3 is 10.1 Å². The predicted octanol–water partition coefficient (Wildman–Crippen LogP) is 4.41. The summed E-state index contributed by atoms with van der Waals surface area (Å²) in [5.41, 5.74) is 1.22. The van der Waals surface area contributed by atoms with E-state index in [1.807, 2.05) is 18.2 Å². The Balaban J connectivity index is 2.82. The molecule has 0 fully saturated rings. The van der Waals surface area contributed by atoms with Crippen molar-refractivity contribution >= 4 is 34.2 Å². The van der Waals surface area contributed by atoms with E-state index in [-0.39, 0.29) is 12.1 Å². The first kappa shape index (κ1) is 16.2. The lowest BCUT2D eigenvalue weighted by Crippen LogP contribution is -2.28. The molecular weight excluding hydrogens is 361 g/mol. The van der Waals surface area contributed by atoms with Crippen molar-refractivity contribution in [2.24, 2.45) is 0 Å². The van der Waals surface area contributed by atoms with Crippen LogP contribution in [0.15, 0.2) is 18.2 Å². The lowest BCUT2D eigenvalue weighted by molar-refractivity contribution is 0.0610. The SMILES string of the molecule is CCCNC(COC(C)C)c1cc(Cl)ccc1I. The Hall–Kier alpha value is 0.160. The molecule has 0 heterocycles. The van der Waals surface area contributed by atoms with Crippen LogP contribution in [0, 0.1) is 3.57 Å². The first-order chi connectivity index (χ1) is 8.54. The number of hydrogen-bond acceptors (Lipinski definition) is 2. The second-order valence-electron chi connectivity index (χ2n) is 4.55. The van der Waals surface area contributed by atoms with Gasteiger partial charge in [0.15, 0.2) is 0 Å². The van der Waals surface area contributed by atoms with Crippen LogP contribution in [0.1, 0.15) is 38.8 Å². The number of benzene rings is 1. The molecule has 0 amide bonds. The molecule has 0 radical (unpaired) electrons. The molecule has 1 rings (SSSR count). The molecule has 18 heavy (non-hydrogen) atoms. The lowest BCUT2D eigenvalue weighted by Gasteiger charge is -2.22. The minimum Gasteiger partial charge on any atom is -0.377 e. The summed E-state index contributed by atoms with van der Waals surface area (Å²) in [7, 11) is 0. The van der Waals surface area contributed by atoms with Crippen molar-refractivity contribution in [1.82, 2.24) is 5.32 Å². The van der Waals surface area contributed by atoms with E-state index in [0.29, 0.717) is 6.61 Å². The van der Waals surface area contributed by atoms with Crippen LogP contribution in [0.3, 0.4) is 0 Å². The number of rotatable bonds is 7. The van der Waals surface area contributed by atoms with E-state index in [0.717, 1.165) is 18.0 Å². The molecule has 0 aliphatic carbocycles. The zero-order chi connectivity index (χ0) is 13.5. The summed E-state index contributed by atoms with van der Waals surface area (Å²) in [6.07, 6.45) is 1.35. The van der Waals surface area contributed by atoms with Gasteiger partial charge in [-0.05, 0) is 73.2 Å². The van der Waals surface area contributed by atoms with Gasteiger partial charge in [-0.3, -0.25) is 0 Å². The smallest absolute Gasteiger partial charge is 0.0665 e. The highest BCUT2D eigenvalue weighted by atomic mass is 127. The molecule has 0 spiro atoms. The summed E-state index contributed by atoms with van der Waals surface area (Å²) in [6.45, 7) is 7.93. The van der Waals surface area contributed by atoms with Crippen molar-refractivity contribution in [3.63, 3.8) is 0 Å². The highest BCUT2D eigenvalue weighted by Crippen LogP contribution is 2.24. The molecule has 0 saturated heterocycles. The Bertz CT molecular complexity index is 371. The van der Waals surface area contributed by atoms with Crippen LogP contribution in [0.5, 0.6) is 0 Å². The third-order valence-electron chi connectivity index (χ3n) is 2.57. The fourth-order valence-electron chi connectivity index (χ4n) is 1.65. The van der Waals surface area contributed by atoms with Gasteiger partial charge in [-0.1, -0.05) is 18.5 Å². The maximum absolute atomic E-state index is 6.09. The van der Waals surface area contributed by atoms with Crippen LogP contribution in [0.2, 0.25) is 5.02 Å². The van der Waals surface area contributed by atoms with E-state index in [1.54, 1.807) is 0 Å². The van der Waals surface area contributed by atoms with E-state index >= 15 is 0 Å². The maximum Gasteiger partial charge on any atom is 0.0665 e. The van der Waals surface area contributed by atoms with Gasteiger partial charge in [0.2, 0.25) is 0 Å². The van der Waals surface area contributed by atoms with Crippen molar-refractivity contribution in [2.75, 3.05) is 13.2 Å². The average Bonchev–Trinajstić information content (AvgIpc) is 2.32. The van der Waals surface area contributed by atoms with Crippen molar-refractivity contribution in [3.8, 4) is 0 Å². The molecule has 1 aromatic carbocycles. The molecule has 0 aliphatic rings. The van der Waals surface area contributed by atoms with Gasteiger partial charge in [0, 0.05) is 8.59 Å².